The molecule has 0 saturated carbocycles. The molecule has 0 radical (unpaired) electrons. The highest BCUT2D eigenvalue weighted by Gasteiger charge is 2.26. The molecule has 0 atom stereocenters. The summed E-state index contributed by atoms with van der Waals surface area (Å²) < 4.78 is 4.01. The molecule has 3 aromatic rings. The average Bonchev–Trinajstić information content (AvgIpc) is 3.38. The first-order valence-corrected chi connectivity index (χ1v) is 9.31. The summed E-state index contributed by atoms with van der Waals surface area (Å²) in [7, 11) is 0. The molecule has 1 saturated heterocycles. The van der Waals surface area contributed by atoms with Crippen LogP contribution in [-0.4, -0.2) is 54.1 Å². The van der Waals surface area contributed by atoms with E-state index in [1.165, 1.54) is 17.7 Å². The van der Waals surface area contributed by atoms with Crippen molar-refractivity contribution in [1.82, 2.24) is 34.5 Å². The fraction of sp³-hybridized carbons (Fsp3) is 0.556. The highest BCUT2D eigenvalue weighted by molar-refractivity contribution is 5.43. The van der Waals surface area contributed by atoms with Crippen molar-refractivity contribution < 1.29 is 0 Å². The van der Waals surface area contributed by atoms with Gasteiger partial charge in [-0.3, -0.25) is 4.68 Å². The maximum Gasteiger partial charge on any atom is 0.178 e. The Morgan fingerprint density at radius 2 is 2.00 bits per heavy atom. The SMILES string of the molecule is c1cnn(CCN2CCC(c3nnc4cc5c(nn34)CCC5)CC2)c1. The van der Waals surface area contributed by atoms with Gasteiger partial charge in [-0.15, -0.1) is 10.2 Å². The van der Waals surface area contributed by atoms with E-state index in [9.17, 15) is 0 Å². The number of rotatable bonds is 4. The summed E-state index contributed by atoms with van der Waals surface area (Å²) in [5, 5.41) is 18.0. The van der Waals surface area contributed by atoms with Crippen molar-refractivity contribution in [3.8, 4) is 0 Å². The van der Waals surface area contributed by atoms with Gasteiger partial charge in [0.25, 0.3) is 0 Å². The third-order valence-corrected chi connectivity index (χ3v) is 5.60. The van der Waals surface area contributed by atoms with E-state index in [4.69, 9.17) is 5.10 Å². The summed E-state index contributed by atoms with van der Waals surface area (Å²) >= 11 is 0. The third kappa shape index (κ3) is 2.82. The Labute approximate surface area is 146 Å². The number of piperidine rings is 1. The predicted molar refractivity (Wildman–Crippen MR) is 93.4 cm³/mol. The minimum absolute atomic E-state index is 0.461. The molecular formula is C18H23N7. The van der Waals surface area contributed by atoms with Crippen LogP contribution in [-0.2, 0) is 19.4 Å². The molecule has 0 unspecified atom stereocenters. The molecule has 4 heterocycles. The Kier molecular flexibility index (Phi) is 3.73. The molecule has 0 aromatic carbocycles. The molecule has 2 aliphatic rings. The normalized spacial score (nSPS) is 18.9. The standard InChI is InChI=1S/C18H23N7/c1-3-15-13-17-20-21-18(25(17)22-16(15)4-1)14-5-9-23(10-6-14)11-12-24-8-2-7-19-24/h2,7-8,13-14H,1,3-6,9-12H2. The minimum atomic E-state index is 0.461. The Morgan fingerprint density at radius 3 is 2.84 bits per heavy atom. The van der Waals surface area contributed by atoms with E-state index in [-0.39, 0.29) is 0 Å². The second kappa shape index (κ2) is 6.22. The molecule has 1 fully saturated rings. The molecule has 0 spiro atoms. The zero-order valence-corrected chi connectivity index (χ0v) is 14.4. The highest BCUT2D eigenvalue weighted by atomic mass is 15.4. The number of fused-ring (bicyclic) bond motifs is 2. The quantitative estimate of drug-likeness (QED) is 0.725. The minimum Gasteiger partial charge on any atom is -0.301 e. The van der Waals surface area contributed by atoms with E-state index in [1.54, 1.807) is 0 Å². The first-order chi connectivity index (χ1) is 12.4. The van der Waals surface area contributed by atoms with Crippen LogP contribution < -0.4 is 0 Å². The van der Waals surface area contributed by atoms with E-state index >= 15 is 0 Å². The fourth-order valence-electron chi connectivity index (χ4n) is 4.14. The molecular weight excluding hydrogens is 314 g/mol. The van der Waals surface area contributed by atoms with E-state index in [2.05, 4.69) is 26.3 Å². The van der Waals surface area contributed by atoms with Gasteiger partial charge in [0, 0.05) is 24.9 Å². The number of hydrogen-bond donors (Lipinski definition) is 0. The Bertz CT molecular complexity index is 859. The van der Waals surface area contributed by atoms with Crippen molar-refractivity contribution in [3.05, 3.63) is 41.6 Å². The van der Waals surface area contributed by atoms with Crippen LogP contribution in [0.4, 0.5) is 0 Å². The summed E-state index contributed by atoms with van der Waals surface area (Å²) in [5.74, 6) is 1.51. The van der Waals surface area contributed by atoms with E-state index in [0.717, 1.165) is 63.3 Å². The topological polar surface area (TPSA) is 64.1 Å². The number of nitrogens with zero attached hydrogens (tertiary/aromatic N) is 7. The zero-order chi connectivity index (χ0) is 16.6. The molecule has 5 rings (SSSR count). The van der Waals surface area contributed by atoms with E-state index in [0.29, 0.717) is 5.92 Å². The molecule has 25 heavy (non-hydrogen) atoms. The molecule has 7 nitrogen and oxygen atoms in total. The van der Waals surface area contributed by atoms with Gasteiger partial charge in [-0.1, -0.05) is 0 Å². The van der Waals surface area contributed by atoms with Crippen molar-refractivity contribution in [1.29, 1.82) is 0 Å². The Balaban J connectivity index is 1.27. The van der Waals surface area contributed by atoms with Crippen LogP contribution in [0.1, 0.15) is 42.3 Å². The summed E-state index contributed by atoms with van der Waals surface area (Å²) in [6.07, 6.45) is 9.56. The number of hydrogen-bond acceptors (Lipinski definition) is 5. The van der Waals surface area contributed by atoms with Crippen molar-refractivity contribution in [2.24, 2.45) is 0 Å². The van der Waals surface area contributed by atoms with E-state index < -0.39 is 0 Å². The molecule has 0 N–H and O–H groups in total. The van der Waals surface area contributed by atoms with Crippen LogP contribution in [0.25, 0.3) is 5.65 Å². The highest BCUT2D eigenvalue weighted by Crippen LogP contribution is 2.28. The Hall–Kier alpha value is -2.28. The fourth-order valence-corrected chi connectivity index (χ4v) is 4.14. The third-order valence-electron chi connectivity index (χ3n) is 5.60. The second-order valence-electron chi connectivity index (χ2n) is 7.18. The molecule has 1 aliphatic heterocycles. The van der Waals surface area contributed by atoms with Gasteiger partial charge in [0.2, 0.25) is 0 Å². The zero-order valence-electron chi connectivity index (χ0n) is 14.4. The van der Waals surface area contributed by atoms with Crippen molar-refractivity contribution in [2.75, 3.05) is 19.6 Å². The number of aromatic nitrogens is 6. The van der Waals surface area contributed by atoms with Gasteiger partial charge in [0.05, 0.1) is 12.2 Å². The molecule has 3 aromatic heterocycles. The maximum absolute atomic E-state index is 4.85. The first kappa shape index (κ1) is 15.0. The second-order valence-corrected chi connectivity index (χ2v) is 7.18. The molecule has 0 amide bonds. The van der Waals surface area contributed by atoms with Gasteiger partial charge >= 0.3 is 0 Å². The van der Waals surface area contributed by atoms with Crippen LogP contribution >= 0.6 is 0 Å². The number of likely N-dealkylation sites (tertiary alicyclic amines) is 1. The summed E-state index contributed by atoms with van der Waals surface area (Å²) in [6.45, 7) is 4.22. The first-order valence-electron chi connectivity index (χ1n) is 9.31. The number of aryl methyl sites for hydroxylation is 2. The predicted octanol–water partition coefficient (Wildman–Crippen LogP) is 1.69. The van der Waals surface area contributed by atoms with E-state index in [1.807, 2.05) is 27.7 Å². The molecule has 0 bridgehead atoms. The smallest absolute Gasteiger partial charge is 0.178 e. The molecule has 1 aliphatic carbocycles. The van der Waals surface area contributed by atoms with Crippen LogP contribution in [0.5, 0.6) is 0 Å². The van der Waals surface area contributed by atoms with Crippen LogP contribution in [0, 0.1) is 0 Å². The summed E-state index contributed by atoms with van der Waals surface area (Å²) in [5.41, 5.74) is 3.52. The van der Waals surface area contributed by atoms with Crippen molar-refractivity contribution in [3.63, 3.8) is 0 Å². The summed E-state index contributed by atoms with van der Waals surface area (Å²) in [6, 6.07) is 4.16. The monoisotopic (exact) mass is 337 g/mol. The van der Waals surface area contributed by atoms with Gasteiger partial charge in [0.15, 0.2) is 11.5 Å². The summed E-state index contributed by atoms with van der Waals surface area (Å²) in [4.78, 5) is 2.52. The van der Waals surface area contributed by atoms with Crippen molar-refractivity contribution >= 4 is 5.65 Å². The lowest BCUT2D eigenvalue weighted by Crippen LogP contribution is -2.35. The molecule has 130 valence electrons. The van der Waals surface area contributed by atoms with Crippen LogP contribution in [0.15, 0.2) is 24.5 Å². The van der Waals surface area contributed by atoms with Gasteiger partial charge in [-0.05, 0) is 62.9 Å². The van der Waals surface area contributed by atoms with Gasteiger partial charge < -0.3 is 4.90 Å². The maximum atomic E-state index is 4.85. The van der Waals surface area contributed by atoms with Gasteiger partial charge in [-0.2, -0.15) is 14.7 Å². The lowest BCUT2D eigenvalue weighted by molar-refractivity contribution is 0.199. The van der Waals surface area contributed by atoms with Crippen LogP contribution in [0.3, 0.4) is 0 Å². The molecule has 7 heteroatoms. The largest absolute Gasteiger partial charge is 0.301 e. The van der Waals surface area contributed by atoms with Gasteiger partial charge in [0.1, 0.15) is 0 Å². The van der Waals surface area contributed by atoms with Crippen LogP contribution in [0.2, 0.25) is 0 Å². The Morgan fingerprint density at radius 1 is 1.08 bits per heavy atom. The van der Waals surface area contributed by atoms with Crippen molar-refractivity contribution in [2.45, 2.75) is 44.6 Å². The average molecular weight is 337 g/mol. The van der Waals surface area contributed by atoms with Gasteiger partial charge in [-0.25, -0.2) is 0 Å². The lowest BCUT2D eigenvalue weighted by atomic mass is 9.96. The lowest BCUT2D eigenvalue weighted by Gasteiger charge is -2.30.